The van der Waals surface area contributed by atoms with Crippen LogP contribution in [-0.4, -0.2) is 61.4 Å². The van der Waals surface area contributed by atoms with E-state index < -0.39 is 10.1 Å². The van der Waals surface area contributed by atoms with E-state index in [1.807, 2.05) is 37.3 Å². The van der Waals surface area contributed by atoms with Crippen molar-refractivity contribution < 1.29 is 13.0 Å². The van der Waals surface area contributed by atoms with Gasteiger partial charge in [0.1, 0.15) is 0 Å². The summed E-state index contributed by atoms with van der Waals surface area (Å²) in [6.45, 7) is 3.45. The summed E-state index contributed by atoms with van der Waals surface area (Å²) in [5.41, 5.74) is 1.07. The minimum atomic E-state index is -3.84. The quantitative estimate of drug-likeness (QED) is 0.620. The minimum absolute atomic E-state index is 0. The number of nitrogens with zero attached hydrogens (tertiary/aromatic N) is 1. The summed E-state index contributed by atoms with van der Waals surface area (Å²) in [5, 5.41) is 0. The molecule has 0 aromatic heterocycles. The first-order valence-electron chi connectivity index (χ1n) is 5.28. The van der Waals surface area contributed by atoms with Crippen molar-refractivity contribution in [3.05, 3.63) is 30.3 Å². The Labute approximate surface area is 125 Å². The first-order chi connectivity index (χ1) is 7.53. The zero-order valence-corrected chi connectivity index (χ0v) is 10.2. The molecule has 0 unspecified atom stereocenters. The Kier molecular flexibility index (Phi) is 8.07. The van der Waals surface area contributed by atoms with E-state index in [0.717, 1.165) is 12.2 Å². The SMILES string of the molecule is CCN(CCCS(=O)(=O)O)c1ccccc1.[NaH]. The second kappa shape index (κ2) is 8.11. The summed E-state index contributed by atoms with van der Waals surface area (Å²) >= 11 is 0. The molecule has 0 saturated carbocycles. The third-order valence-corrected chi connectivity index (χ3v) is 3.14. The van der Waals surface area contributed by atoms with Crippen molar-refractivity contribution >= 4 is 45.4 Å². The Morgan fingerprint density at radius 1 is 1.24 bits per heavy atom. The van der Waals surface area contributed by atoms with Crippen LogP contribution in [0.15, 0.2) is 30.3 Å². The summed E-state index contributed by atoms with van der Waals surface area (Å²) in [5.74, 6) is -0.184. The van der Waals surface area contributed by atoms with Crippen LogP contribution in [0.2, 0.25) is 0 Å². The van der Waals surface area contributed by atoms with Crippen LogP contribution in [-0.2, 0) is 10.1 Å². The Balaban J connectivity index is 0.00000256. The molecule has 0 aliphatic rings. The van der Waals surface area contributed by atoms with Gasteiger partial charge in [-0.2, -0.15) is 8.42 Å². The number of para-hydroxylation sites is 1. The summed E-state index contributed by atoms with van der Waals surface area (Å²) in [4.78, 5) is 2.07. The predicted molar refractivity (Wildman–Crippen MR) is 72.5 cm³/mol. The van der Waals surface area contributed by atoms with Gasteiger partial charge in [-0.25, -0.2) is 0 Å². The van der Waals surface area contributed by atoms with Crippen molar-refractivity contribution in [2.24, 2.45) is 0 Å². The predicted octanol–water partition coefficient (Wildman–Crippen LogP) is 1.14. The number of rotatable bonds is 6. The second-order valence-corrected chi connectivity index (χ2v) is 5.13. The molecule has 0 atom stereocenters. The van der Waals surface area contributed by atoms with Gasteiger partial charge >= 0.3 is 29.6 Å². The molecule has 0 fully saturated rings. The maximum atomic E-state index is 10.6. The fourth-order valence-corrected chi connectivity index (χ4v) is 2.04. The molecule has 1 aromatic rings. The monoisotopic (exact) mass is 267 g/mol. The molecule has 0 saturated heterocycles. The molecule has 0 aliphatic heterocycles. The van der Waals surface area contributed by atoms with Crippen LogP contribution in [0.1, 0.15) is 13.3 Å². The van der Waals surface area contributed by atoms with Gasteiger partial charge in [0.05, 0.1) is 5.75 Å². The first kappa shape index (κ1) is 16.9. The second-order valence-electron chi connectivity index (χ2n) is 3.55. The van der Waals surface area contributed by atoms with Crippen LogP contribution in [0.4, 0.5) is 5.69 Å². The summed E-state index contributed by atoms with van der Waals surface area (Å²) in [7, 11) is -3.84. The Morgan fingerprint density at radius 2 is 1.82 bits per heavy atom. The van der Waals surface area contributed by atoms with Crippen molar-refractivity contribution in [3.8, 4) is 0 Å². The average Bonchev–Trinajstić information content (AvgIpc) is 2.24. The van der Waals surface area contributed by atoms with Crippen molar-refractivity contribution in [1.29, 1.82) is 0 Å². The first-order valence-corrected chi connectivity index (χ1v) is 6.89. The van der Waals surface area contributed by atoms with E-state index in [1.165, 1.54) is 0 Å². The van der Waals surface area contributed by atoms with Gasteiger partial charge in [-0.1, -0.05) is 18.2 Å². The molecule has 0 spiro atoms. The van der Waals surface area contributed by atoms with Crippen LogP contribution < -0.4 is 4.90 Å². The fraction of sp³-hybridized carbons (Fsp3) is 0.455. The van der Waals surface area contributed by atoms with Crippen LogP contribution in [0, 0.1) is 0 Å². The van der Waals surface area contributed by atoms with Gasteiger partial charge < -0.3 is 4.90 Å². The molecular formula is C11H18NNaO3S. The normalized spacial score (nSPS) is 10.7. The number of hydrogen-bond donors (Lipinski definition) is 1. The van der Waals surface area contributed by atoms with E-state index in [4.69, 9.17) is 4.55 Å². The van der Waals surface area contributed by atoms with Gasteiger partial charge in [-0.15, -0.1) is 0 Å². The summed E-state index contributed by atoms with van der Waals surface area (Å²) < 4.78 is 29.8. The van der Waals surface area contributed by atoms with Crippen LogP contribution in [0.5, 0.6) is 0 Å². The number of anilines is 1. The van der Waals surface area contributed by atoms with E-state index in [1.54, 1.807) is 0 Å². The molecule has 1 N–H and O–H groups in total. The van der Waals surface area contributed by atoms with Gasteiger partial charge in [-0.3, -0.25) is 4.55 Å². The van der Waals surface area contributed by atoms with Crippen LogP contribution in [0.25, 0.3) is 0 Å². The summed E-state index contributed by atoms with van der Waals surface area (Å²) in [6.07, 6.45) is 0.432. The molecule has 6 heteroatoms. The molecule has 92 valence electrons. The molecule has 0 bridgehead atoms. The third-order valence-electron chi connectivity index (χ3n) is 2.33. The molecule has 1 aromatic carbocycles. The van der Waals surface area contributed by atoms with E-state index in [-0.39, 0.29) is 35.3 Å². The van der Waals surface area contributed by atoms with Gasteiger partial charge in [0, 0.05) is 18.8 Å². The van der Waals surface area contributed by atoms with E-state index in [9.17, 15) is 8.42 Å². The Hall–Kier alpha value is -0.0700. The number of hydrogen-bond acceptors (Lipinski definition) is 3. The van der Waals surface area contributed by atoms with Crippen molar-refractivity contribution in [3.63, 3.8) is 0 Å². The van der Waals surface area contributed by atoms with Crippen LogP contribution in [0.3, 0.4) is 0 Å². The van der Waals surface area contributed by atoms with Crippen molar-refractivity contribution in [2.75, 3.05) is 23.7 Å². The molecule has 0 heterocycles. The molecule has 1 rings (SSSR count). The van der Waals surface area contributed by atoms with Crippen molar-refractivity contribution in [2.45, 2.75) is 13.3 Å². The Morgan fingerprint density at radius 3 is 2.29 bits per heavy atom. The van der Waals surface area contributed by atoms with Crippen LogP contribution >= 0.6 is 0 Å². The molecule has 0 radical (unpaired) electrons. The van der Waals surface area contributed by atoms with Crippen molar-refractivity contribution in [1.82, 2.24) is 0 Å². The van der Waals surface area contributed by atoms with E-state index in [0.29, 0.717) is 13.0 Å². The average molecular weight is 267 g/mol. The molecule has 0 aliphatic carbocycles. The zero-order valence-electron chi connectivity index (χ0n) is 9.33. The van der Waals surface area contributed by atoms with Gasteiger partial charge in [0.2, 0.25) is 0 Å². The standard InChI is InChI=1S/C11H17NO3S.Na.H/c1-2-12(9-6-10-16(13,14)15)11-7-4-3-5-8-11;;/h3-5,7-8H,2,6,9-10H2,1H3,(H,13,14,15);;. The molecule has 17 heavy (non-hydrogen) atoms. The summed E-state index contributed by atoms with van der Waals surface area (Å²) in [6, 6.07) is 9.80. The van der Waals surface area contributed by atoms with Gasteiger partial charge in [-0.05, 0) is 25.5 Å². The van der Waals surface area contributed by atoms with E-state index in [2.05, 4.69) is 4.90 Å². The maximum absolute atomic E-state index is 10.6. The van der Waals surface area contributed by atoms with E-state index >= 15 is 0 Å². The fourth-order valence-electron chi connectivity index (χ4n) is 1.55. The van der Waals surface area contributed by atoms with Gasteiger partial charge in [0.15, 0.2) is 0 Å². The number of benzene rings is 1. The zero-order chi connectivity index (χ0) is 12.0. The molecule has 4 nitrogen and oxygen atoms in total. The Bertz CT molecular complexity index is 408. The van der Waals surface area contributed by atoms with Gasteiger partial charge in [0.25, 0.3) is 10.1 Å². The molecular weight excluding hydrogens is 249 g/mol. The molecule has 0 amide bonds. The topological polar surface area (TPSA) is 57.6 Å². The third kappa shape index (κ3) is 7.06.